The van der Waals surface area contributed by atoms with E-state index in [-0.39, 0.29) is 0 Å². The van der Waals surface area contributed by atoms with Crippen LogP contribution in [0.25, 0.3) is 82.3 Å². The molecule has 2 nitrogen and oxygen atoms in total. The monoisotopic (exact) mass is 546 g/mol. The van der Waals surface area contributed by atoms with E-state index in [2.05, 4.69) is 162 Å². The van der Waals surface area contributed by atoms with E-state index in [9.17, 15) is 0 Å². The van der Waals surface area contributed by atoms with Gasteiger partial charge in [-0.2, -0.15) is 0 Å². The number of para-hydroxylation sites is 2. The molecule has 0 unspecified atom stereocenters. The molecule has 200 valence electrons. The van der Waals surface area contributed by atoms with E-state index in [0.717, 1.165) is 22.5 Å². The maximum atomic E-state index is 5.39. The molecule has 0 N–H and O–H groups in total. The van der Waals surface area contributed by atoms with E-state index in [1.165, 1.54) is 59.9 Å². The molecule has 43 heavy (non-hydrogen) atoms. The highest BCUT2D eigenvalue weighted by Gasteiger charge is 2.17. The van der Waals surface area contributed by atoms with Crippen molar-refractivity contribution in [1.29, 1.82) is 0 Å². The van der Waals surface area contributed by atoms with Crippen LogP contribution in [0.1, 0.15) is 0 Å². The highest BCUT2D eigenvalue weighted by atomic mass is 15.0. The molecule has 0 atom stereocenters. The summed E-state index contributed by atoms with van der Waals surface area (Å²) in [4.78, 5) is 5.39. The molecule has 0 saturated heterocycles. The molecule has 2 heteroatoms. The summed E-state index contributed by atoms with van der Waals surface area (Å²) >= 11 is 0. The fourth-order valence-corrected chi connectivity index (χ4v) is 6.84. The molecule has 0 bridgehead atoms. The normalized spacial score (nSPS) is 11.7. The highest BCUT2D eigenvalue weighted by Crippen LogP contribution is 2.39. The molecule has 9 rings (SSSR count). The fourth-order valence-electron chi connectivity index (χ4n) is 6.84. The highest BCUT2D eigenvalue weighted by molar-refractivity contribution is 6.24. The minimum Gasteiger partial charge on any atom is -0.309 e. The van der Waals surface area contributed by atoms with Gasteiger partial charge in [-0.15, -0.1) is 0 Å². The van der Waals surface area contributed by atoms with Gasteiger partial charge in [-0.05, 0) is 63.7 Å². The van der Waals surface area contributed by atoms with Crippen molar-refractivity contribution in [1.82, 2.24) is 9.55 Å². The van der Waals surface area contributed by atoms with Crippen LogP contribution in [0.2, 0.25) is 0 Å². The average Bonchev–Trinajstić information content (AvgIpc) is 3.42. The predicted molar refractivity (Wildman–Crippen MR) is 182 cm³/mol. The summed E-state index contributed by atoms with van der Waals surface area (Å²) in [6.07, 6.45) is 0. The van der Waals surface area contributed by atoms with Gasteiger partial charge in [0.15, 0.2) is 0 Å². The Morgan fingerprint density at radius 3 is 1.74 bits per heavy atom. The Bertz CT molecular complexity index is 2470. The maximum Gasteiger partial charge on any atom is 0.0794 e. The van der Waals surface area contributed by atoms with Gasteiger partial charge in [-0.1, -0.05) is 121 Å². The third-order valence-electron chi connectivity index (χ3n) is 8.79. The zero-order chi connectivity index (χ0) is 28.3. The molecule has 2 heterocycles. The van der Waals surface area contributed by atoms with Crippen molar-refractivity contribution in [3.63, 3.8) is 0 Å². The quantitative estimate of drug-likeness (QED) is 0.202. The van der Waals surface area contributed by atoms with Gasteiger partial charge in [0.05, 0.1) is 27.9 Å². The zero-order valence-electron chi connectivity index (χ0n) is 23.4. The van der Waals surface area contributed by atoms with Crippen LogP contribution in [-0.4, -0.2) is 9.55 Å². The lowest BCUT2D eigenvalue weighted by atomic mass is 9.96. The maximum absolute atomic E-state index is 5.39. The Kier molecular flexibility index (Phi) is 5.23. The molecule has 7 aromatic carbocycles. The van der Waals surface area contributed by atoms with E-state index >= 15 is 0 Å². The summed E-state index contributed by atoms with van der Waals surface area (Å²) in [6, 6.07) is 56.6. The smallest absolute Gasteiger partial charge is 0.0794 e. The topological polar surface area (TPSA) is 17.8 Å². The molecular weight excluding hydrogens is 520 g/mol. The second-order valence-corrected chi connectivity index (χ2v) is 11.2. The Hall–Kier alpha value is -5.73. The summed E-state index contributed by atoms with van der Waals surface area (Å²) in [7, 11) is 0. The lowest BCUT2D eigenvalue weighted by molar-refractivity contribution is 1.18. The predicted octanol–water partition coefficient (Wildman–Crippen LogP) is 11.0. The van der Waals surface area contributed by atoms with Gasteiger partial charge in [0.2, 0.25) is 0 Å². The second-order valence-electron chi connectivity index (χ2n) is 11.2. The first-order valence-electron chi connectivity index (χ1n) is 14.7. The van der Waals surface area contributed by atoms with Gasteiger partial charge in [0.25, 0.3) is 0 Å². The van der Waals surface area contributed by atoms with Crippen LogP contribution >= 0.6 is 0 Å². The molecular formula is C41H26N2. The van der Waals surface area contributed by atoms with Crippen LogP contribution in [0.5, 0.6) is 0 Å². The summed E-state index contributed by atoms with van der Waals surface area (Å²) < 4.78 is 2.40. The number of rotatable bonds is 3. The van der Waals surface area contributed by atoms with Crippen LogP contribution < -0.4 is 0 Å². The number of nitrogens with zero attached hydrogens (tertiary/aromatic N) is 2. The van der Waals surface area contributed by atoms with Crippen molar-refractivity contribution in [2.24, 2.45) is 0 Å². The van der Waals surface area contributed by atoms with Gasteiger partial charge in [-0.25, -0.2) is 4.98 Å². The lowest BCUT2D eigenvalue weighted by Crippen LogP contribution is -1.98. The molecule has 0 fully saturated rings. The number of benzene rings is 7. The molecule has 0 aliphatic carbocycles. The standard InChI is InChI=1S/C41H26N2/c1-2-12-27(13-3-1)28-22-25-40-36(26-28)32-17-8-10-20-38(32)43(40)39-21-11-9-19-35(39)37-24-23-34-31-16-5-4-14-29(31)30-15-6-7-18-33(30)41(34)42-37/h1-26H. The summed E-state index contributed by atoms with van der Waals surface area (Å²) in [5.74, 6) is 0. The van der Waals surface area contributed by atoms with Crippen LogP contribution in [-0.2, 0) is 0 Å². The fraction of sp³-hybridized carbons (Fsp3) is 0. The molecule has 0 aliphatic rings. The number of fused-ring (bicyclic) bond motifs is 9. The van der Waals surface area contributed by atoms with Crippen molar-refractivity contribution >= 4 is 54.3 Å². The zero-order valence-corrected chi connectivity index (χ0v) is 23.4. The average molecular weight is 547 g/mol. The van der Waals surface area contributed by atoms with Crippen molar-refractivity contribution < 1.29 is 0 Å². The Balaban J connectivity index is 1.31. The minimum atomic E-state index is 0.968. The molecule has 0 saturated carbocycles. The lowest BCUT2D eigenvalue weighted by Gasteiger charge is -2.15. The van der Waals surface area contributed by atoms with Crippen molar-refractivity contribution in [2.75, 3.05) is 0 Å². The molecule has 2 aromatic heterocycles. The van der Waals surface area contributed by atoms with Crippen molar-refractivity contribution in [3.8, 4) is 28.1 Å². The Morgan fingerprint density at radius 1 is 0.372 bits per heavy atom. The molecule has 0 spiro atoms. The SMILES string of the molecule is c1ccc(-c2ccc3c(c2)c2ccccc2n3-c2ccccc2-c2ccc3c4ccccc4c4ccccc4c3n2)cc1. The van der Waals surface area contributed by atoms with E-state index in [1.807, 2.05) is 0 Å². The number of aromatic nitrogens is 2. The summed E-state index contributed by atoms with van der Waals surface area (Å²) in [6.45, 7) is 0. The number of hydrogen-bond acceptors (Lipinski definition) is 1. The number of pyridine rings is 1. The first-order valence-corrected chi connectivity index (χ1v) is 14.7. The van der Waals surface area contributed by atoms with E-state index in [4.69, 9.17) is 4.98 Å². The molecule has 9 aromatic rings. The third-order valence-corrected chi connectivity index (χ3v) is 8.79. The van der Waals surface area contributed by atoms with E-state index < -0.39 is 0 Å². The summed E-state index contributed by atoms with van der Waals surface area (Å²) in [5, 5.41) is 8.59. The van der Waals surface area contributed by atoms with Crippen LogP contribution in [0.4, 0.5) is 0 Å². The molecule has 0 aliphatic heterocycles. The van der Waals surface area contributed by atoms with E-state index in [0.29, 0.717) is 0 Å². The minimum absolute atomic E-state index is 0.968. The van der Waals surface area contributed by atoms with Gasteiger partial charge in [0, 0.05) is 27.1 Å². The van der Waals surface area contributed by atoms with Gasteiger partial charge in [-0.3, -0.25) is 0 Å². The largest absolute Gasteiger partial charge is 0.309 e. The molecule has 0 amide bonds. The van der Waals surface area contributed by atoms with E-state index in [1.54, 1.807) is 0 Å². The molecule has 0 radical (unpaired) electrons. The van der Waals surface area contributed by atoms with Gasteiger partial charge in [0.1, 0.15) is 0 Å². The van der Waals surface area contributed by atoms with Crippen LogP contribution in [0, 0.1) is 0 Å². The Labute approximate surface area is 249 Å². The van der Waals surface area contributed by atoms with Gasteiger partial charge < -0.3 is 4.57 Å². The Morgan fingerprint density at radius 2 is 0.953 bits per heavy atom. The van der Waals surface area contributed by atoms with Gasteiger partial charge >= 0.3 is 0 Å². The first-order chi connectivity index (χ1) is 21.3. The first kappa shape index (κ1) is 23.9. The third kappa shape index (κ3) is 3.63. The second kappa shape index (κ2) is 9.40. The van der Waals surface area contributed by atoms with Crippen LogP contribution in [0.3, 0.4) is 0 Å². The summed E-state index contributed by atoms with van der Waals surface area (Å²) in [5.41, 5.74) is 9.06. The van der Waals surface area contributed by atoms with Crippen molar-refractivity contribution in [3.05, 3.63) is 158 Å². The number of hydrogen-bond donors (Lipinski definition) is 0. The van der Waals surface area contributed by atoms with Crippen molar-refractivity contribution in [2.45, 2.75) is 0 Å². The van der Waals surface area contributed by atoms with Crippen LogP contribution in [0.15, 0.2) is 158 Å².